The molecule has 2 aromatic carbocycles. The third-order valence-electron chi connectivity index (χ3n) is 4.56. The van der Waals surface area contributed by atoms with Gasteiger partial charge in [0.1, 0.15) is 11.9 Å². The van der Waals surface area contributed by atoms with Crippen LogP contribution in [-0.2, 0) is 21.2 Å². The van der Waals surface area contributed by atoms with Crippen molar-refractivity contribution in [2.24, 2.45) is 0 Å². The van der Waals surface area contributed by atoms with Gasteiger partial charge in [-0.2, -0.15) is 4.31 Å². The highest BCUT2D eigenvalue weighted by Gasteiger charge is 2.39. The first kappa shape index (κ1) is 18.5. The molecular formula is C19H21FN2O3S. The minimum absolute atomic E-state index is 0.00843. The average Bonchev–Trinajstić information content (AvgIpc) is 3.13. The van der Waals surface area contributed by atoms with Crippen LogP contribution in [0.25, 0.3) is 0 Å². The standard InChI is InChI=1S/C19H21FN2O3S/c1-2-14-5-9-16(10-6-14)21-19(23)18-4-3-13-22(18)26(24,25)17-11-7-15(20)8-12-17/h5-12,18H,2-4,13H2,1H3,(H,21,23)/t18-/m1/s1. The van der Waals surface area contributed by atoms with Crippen LogP contribution < -0.4 is 5.32 Å². The van der Waals surface area contributed by atoms with Crippen molar-refractivity contribution >= 4 is 21.6 Å². The van der Waals surface area contributed by atoms with Gasteiger partial charge in [0.15, 0.2) is 0 Å². The van der Waals surface area contributed by atoms with Gasteiger partial charge in [-0.25, -0.2) is 12.8 Å². The molecule has 1 fully saturated rings. The molecule has 138 valence electrons. The second-order valence-electron chi connectivity index (χ2n) is 6.27. The summed E-state index contributed by atoms with van der Waals surface area (Å²) in [7, 11) is -3.85. The molecule has 1 heterocycles. The summed E-state index contributed by atoms with van der Waals surface area (Å²) in [5.41, 5.74) is 1.79. The van der Waals surface area contributed by atoms with Gasteiger partial charge in [0, 0.05) is 12.2 Å². The minimum atomic E-state index is -3.85. The van der Waals surface area contributed by atoms with Crippen molar-refractivity contribution in [3.63, 3.8) is 0 Å². The van der Waals surface area contributed by atoms with Crippen molar-refractivity contribution in [3.8, 4) is 0 Å². The maximum Gasteiger partial charge on any atom is 0.243 e. The molecule has 26 heavy (non-hydrogen) atoms. The van der Waals surface area contributed by atoms with E-state index in [1.54, 1.807) is 0 Å². The quantitative estimate of drug-likeness (QED) is 0.872. The molecule has 2 aromatic rings. The highest BCUT2D eigenvalue weighted by molar-refractivity contribution is 7.89. The monoisotopic (exact) mass is 376 g/mol. The predicted molar refractivity (Wildman–Crippen MR) is 97.8 cm³/mol. The number of anilines is 1. The van der Waals surface area contributed by atoms with Crippen LogP contribution >= 0.6 is 0 Å². The van der Waals surface area contributed by atoms with Crippen LogP contribution in [0.15, 0.2) is 53.4 Å². The molecule has 1 aliphatic heterocycles. The molecule has 0 saturated carbocycles. The molecule has 0 spiro atoms. The third-order valence-corrected chi connectivity index (χ3v) is 6.48. The summed E-state index contributed by atoms with van der Waals surface area (Å²) >= 11 is 0. The number of halogens is 1. The molecular weight excluding hydrogens is 355 g/mol. The van der Waals surface area contributed by atoms with E-state index in [1.165, 1.54) is 16.4 Å². The Morgan fingerprint density at radius 2 is 1.81 bits per heavy atom. The maximum absolute atomic E-state index is 13.1. The van der Waals surface area contributed by atoms with Crippen molar-refractivity contribution in [2.75, 3.05) is 11.9 Å². The van der Waals surface area contributed by atoms with Crippen LogP contribution in [0.1, 0.15) is 25.3 Å². The second-order valence-corrected chi connectivity index (χ2v) is 8.16. The van der Waals surface area contributed by atoms with Crippen molar-refractivity contribution in [1.29, 1.82) is 0 Å². The Hall–Kier alpha value is -2.25. The molecule has 1 aliphatic rings. The zero-order valence-electron chi connectivity index (χ0n) is 14.5. The van der Waals surface area contributed by atoms with Gasteiger partial charge in [-0.05, 0) is 61.2 Å². The zero-order chi connectivity index (χ0) is 18.7. The summed E-state index contributed by atoms with van der Waals surface area (Å²) in [6, 6.07) is 11.4. The fourth-order valence-corrected chi connectivity index (χ4v) is 4.74. The summed E-state index contributed by atoms with van der Waals surface area (Å²) < 4.78 is 39.9. The SMILES string of the molecule is CCc1ccc(NC(=O)[C@H]2CCCN2S(=O)(=O)c2ccc(F)cc2)cc1. The minimum Gasteiger partial charge on any atom is -0.325 e. The number of rotatable bonds is 5. The number of aryl methyl sites for hydroxylation is 1. The molecule has 1 saturated heterocycles. The summed E-state index contributed by atoms with van der Waals surface area (Å²) in [6.45, 7) is 2.32. The number of nitrogens with zero attached hydrogens (tertiary/aromatic N) is 1. The van der Waals surface area contributed by atoms with Crippen LogP contribution in [-0.4, -0.2) is 31.2 Å². The lowest BCUT2D eigenvalue weighted by molar-refractivity contribution is -0.119. The topological polar surface area (TPSA) is 66.5 Å². The summed E-state index contributed by atoms with van der Waals surface area (Å²) in [4.78, 5) is 12.6. The smallest absolute Gasteiger partial charge is 0.243 e. The molecule has 3 rings (SSSR count). The van der Waals surface area contributed by atoms with Crippen molar-refractivity contribution in [3.05, 3.63) is 59.9 Å². The van der Waals surface area contributed by atoms with Crippen molar-refractivity contribution in [2.45, 2.75) is 37.1 Å². The van der Waals surface area contributed by atoms with E-state index in [0.717, 1.165) is 24.1 Å². The molecule has 7 heteroatoms. The molecule has 0 unspecified atom stereocenters. The van der Waals surface area contributed by atoms with Gasteiger partial charge in [-0.15, -0.1) is 0 Å². The number of amides is 1. The van der Waals surface area contributed by atoms with Gasteiger partial charge in [0.05, 0.1) is 4.90 Å². The van der Waals surface area contributed by atoms with E-state index in [0.29, 0.717) is 18.5 Å². The van der Waals surface area contributed by atoms with Crippen LogP contribution in [0.2, 0.25) is 0 Å². The van der Waals surface area contributed by atoms with Crippen LogP contribution in [0.5, 0.6) is 0 Å². The normalized spacial score (nSPS) is 18.0. The lowest BCUT2D eigenvalue weighted by Gasteiger charge is -2.23. The van der Waals surface area contributed by atoms with Gasteiger partial charge in [0.2, 0.25) is 15.9 Å². The van der Waals surface area contributed by atoms with Gasteiger partial charge in [-0.3, -0.25) is 4.79 Å². The van der Waals surface area contributed by atoms with Gasteiger partial charge in [-0.1, -0.05) is 19.1 Å². The van der Waals surface area contributed by atoms with Gasteiger partial charge >= 0.3 is 0 Å². The first-order valence-corrected chi connectivity index (χ1v) is 10.0. The Morgan fingerprint density at radius 1 is 1.15 bits per heavy atom. The average molecular weight is 376 g/mol. The lowest BCUT2D eigenvalue weighted by atomic mass is 10.1. The van der Waals surface area contributed by atoms with E-state index in [-0.39, 0.29) is 17.3 Å². The third kappa shape index (κ3) is 3.78. The van der Waals surface area contributed by atoms with Crippen LogP contribution in [0.3, 0.4) is 0 Å². The highest BCUT2D eigenvalue weighted by atomic mass is 32.2. The highest BCUT2D eigenvalue weighted by Crippen LogP contribution is 2.27. The Labute approximate surface area is 152 Å². The van der Waals surface area contributed by atoms with Crippen LogP contribution in [0, 0.1) is 5.82 Å². The summed E-state index contributed by atoms with van der Waals surface area (Å²) in [5, 5.41) is 2.79. The van der Waals surface area contributed by atoms with Crippen molar-refractivity contribution in [1.82, 2.24) is 4.31 Å². The van der Waals surface area contributed by atoms with E-state index in [9.17, 15) is 17.6 Å². The predicted octanol–water partition coefficient (Wildman–Crippen LogP) is 3.18. The molecule has 1 N–H and O–H groups in total. The fraction of sp³-hybridized carbons (Fsp3) is 0.316. The molecule has 1 amide bonds. The number of hydrogen-bond donors (Lipinski definition) is 1. The zero-order valence-corrected chi connectivity index (χ0v) is 15.3. The van der Waals surface area contributed by atoms with E-state index < -0.39 is 21.9 Å². The van der Waals surface area contributed by atoms with E-state index in [2.05, 4.69) is 5.32 Å². The Bertz CT molecular complexity index is 880. The number of hydrogen-bond acceptors (Lipinski definition) is 3. The number of carbonyl (C=O) groups excluding carboxylic acids is 1. The Morgan fingerprint density at radius 3 is 2.42 bits per heavy atom. The fourth-order valence-electron chi connectivity index (χ4n) is 3.08. The lowest BCUT2D eigenvalue weighted by Crippen LogP contribution is -2.43. The second kappa shape index (κ2) is 7.55. The molecule has 1 atom stereocenters. The number of nitrogens with one attached hydrogen (secondary N) is 1. The first-order chi connectivity index (χ1) is 12.4. The Kier molecular flexibility index (Phi) is 5.38. The molecule has 5 nitrogen and oxygen atoms in total. The van der Waals surface area contributed by atoms with Gasteiger partial charge < -0.3 is 5.32 Å². The van der Waals surface area contributed by atoms with E-state index in [4.69, 9.17) is 0 Å². The molecule has 0 aromatic heterocycles. The summed E-state index contributed by atoms with van der Waals surface area (Å²) in [6.07, 6.45) is 1.97. The van der Waals surface area contributed by atoms with E-state index in [1.807, 2.05) is 31.2 Å². The van der Waals surface area contributed by atoms with E-state index >= 15 is 0 Å². The number of benzene rings is 2. The number of sulfonamides is 1. The van der Waals surface area contributed by atoms with Crippen LogP contribution in [0.4, 0.5) is 10.1 Å². The van der Waals surface area contributed by atoms with Crippen molar-refractivity contribution < 1.29 is 17.6 Å². The van der Waals surface area contributed by atoms with Gasteiger partial charge in [0.25, 0.3) is 0 Å². The molecule has 0 bridgehead atoms. The summed E-state index contributed by atoms with van der Waals surface area (Å²) in [5.74, 6) is -0.854. The Balaban J connectivity index is 1.78. The largest absolute Gasteiger partial charge is 0.325 e. The maximum atomic E-state index is 13.1. The molecule has 0 aliphatic carbocycles. The molecule has 0 radical (unpaired) electrons. The first-order valence-electron chi connectivity index (χ1n) is 8.59. The number of carbonyl (C=O) groups is 1.